The summed E-state index contributed by atoms with van der Waals surface area (Å²) in [6, 6.07) is 3.93. The van der Waals surface area contributed by atoms with Crippen molar-refractivity contribution in [2.45, 2.75) is 5.03 Å². The number of nitrogens with one attached hydrogen (secondary N) is 1. The SMILES string of the molecule is Cn1cnc(N)c1S(=O)(=O)Nc1cc(Br)ccc1F. The summed E-state index contributed by atoms with van der Waals surface area (Å²) in [5, 5.41) is -0.216. The molecule has 0 aliphatic rings. The van der Waals surface area contributed by atoms with E-state index in [1.54, 1.807) is 0 Å². The summed E-state index contributed by atoms with van der Waals surface area (Å²) in [6.07, 6.45) is 1.27. The van der Waals surface area contributed by atoms with E-state index >= 15 is 0 Å². The molecule has 0 aliphatic carbocycles. The van der Waals surface area contributed by atoms with Gasteiger partial charge in [-0.05, 0) is 18.2 Å². The lowest BCUT2D eigenvalue weighted by molar-refractivity contribution is 0.589. The lowest BCUT2D eigenvalue weighted by Crippen LogP contribution is -2.18. The van der Waals surface area contributed by atoms with Gasteiger partial charge in [-0.3, -0.25) is 4.72 Å². The van der Waals surface area contributed by atoms with E-state index in [0.717, 1.165) is 6.07 Å². The molecule has 2 rings (SSSR count). The summed E-state index contributed by atoms with van der Waals surface area (Å²) >= 11 is 3.14. The number of nitrogen functional groups attached to an aromatic ring is 1. The van der Waals surface area contributed by atoms with Gasteiger partial charge in [0.2, 0.25) is 0 Å². The predicted octanol–water partition coefficient (Wildman–Crippen LogP) is 1.70. The minimum absolute atomic E-state index is 0.148. The van der Waals surface area contributed by atoms with Crippen LogP contribution in [0.1, 0.15) is 0 Å². The number of hydrogen-bond donors (Lipinski definition) is 2. The van der Waals surface area contributed by atoms with E-state index in [-0.39, 0.29) is 16.5 Å². The third-order valence-corrected chi connectivity index (χ3v) is 4.32. The highest BCUT2D eigenvalue weighted by Crippen LogP contribution is 2.24. The van der Waals surface area contributed by atoms with Gasteiger partial charge in [-0.2, -0.15) is 8.42 Å². The lowest BCUT2D eigenvalue weighted by Gasteiger charge is -2.10. The zero-order valence-electron chi connectivity index (χ0n) is 9.76. The number of benzene rings is 1. The van der Waals surface area contributed by atoms with Crippen molar-refractivity contribution >= 4 is 37.5 Å². The number of imidazole rings is 1. The Morgan fingerprint density at radius 3 is 2.74 bits per heavy atom. The van der Waals surface area contributed by atoms with Crippen molar-refractivity contribution in [1.29, 1.82) is 0 Å². The van der Waals surface area contributed by atoms with Gasteiger partial charge in [0.15, 0.2) is 10.8 Å². The second-order valence-electron chi connectivity index (χ2n) is 3.78. The summed E-state index contributed by atoms with van der Waals surface area (Å²) < 4.78 is 41.7. The van der Waals surface area contributed by atoms with E-state index in [2.05, 4.69) is 25.6 Å². The van der Waals surface area contributed by atoms with Crippen LogP contribution < -0.4 is 10.5 Å². The largest absolute Gasteiger partial charge is 0.381 e. The minimum atomic E-state index is -4.01. The molecular weight excluding hydrogens is 339 g/mol. The molecule has 0 unspecified atom stereocenters. The molecule has 102 valence electrons. The Bertz CT molecular complexity index is 710. The molecule has 0 aliphatic heterocycles. The van der Waals surface area contributed by atoms with Crippen molar-refractivity contribution in [3.05, 3.63) is 34.8 Å². The average molecular weight is 349 g/mol. The van der Waals surface area contributed by atoms with Gasteiger partial charge in [0, 0.05) is 11.5 Å². The van der Waals surface area contributed by atoms with Gasteiger partial charge in [0.05, 0.1) is 12.0 Å². The van der Waals surface area contributed by atoms with Gasteiger partial charge < -0.3 is 10.3 Å². The molecule has 0 atom stereocenters. The van der Waals surface area contributed by atoms with Crippen LogP contribution >= 0.6 is 15.9 Å². The molecule has 0 saturated carbocycles. The molecule has 0 amide bonds. The van der Waals surface area contributed by atoms with Crippen molar-refractivity contribution in [3.8, 4) is 0 Å². The predicted molar refractivity (Wildman–Crippen MR) is 72.5 cm³/mol. The highest BCUT2D eigenvalue weighted by Gasteiger charge is 2.23. The molecule has 2 aromatic rings. The van der Waals surface area contributed by atoms with Crippen LogP contribution in [0.15, 0.2) is 34.0 Å². The first-order valence-electron chi connectivity index (χ1n) is 5.06. The molecule has 1 heterocycles. The molecule has 3 N–H and O–H groups in total. The summed E-state index contributed by atoms with van der Waals surface area (Å²) in [4.78, 5) is 3.68. The van der Waals surface area contributed by atoms with Crippen LogP contribution in [0.25, 0.3) is 0 Å². The fourth-order valence-corrected chi connectivity index (χ4v) is 3.19. The van der Waals surface area contributed by atoms with Gasteiger partial charge in [-0.1, -0.05) is 15.9 Å². The lowest BCUT2D eigenvalue weighted by atomic mass is 10.3. The standard InChI is InChI=1S/C10H10BrFN4O2S/c1-16-5-14-9(13)10(16)19(17,18)15-8-4-6(11)2-3-7(8)12/h2-5,15H,13H2,1H3. The van der Waals surface area contributed by atoms with Gasteiger partial charge in [-0.15, -0.1) is 0 Å². The van der Waals surface area contributed by atoms with Crippen LogP contribution in [0.5, 0.6) is 0 Å². The van der Waals surface area contributed by atoms with E-state index in [1.165, 1.54) is 30.1 Å². The number of nitrogens with zero attached hydrogens (tertiary/aromatic N) is 2. The zero-order chi connectivity index (χ0) is 14.2. The van der Waals surface area contributed by atoms with Crippen LogP contribution in [-0.4, -0.2) is 18.0 Å². The Hall–Kier alpha value is -1.61. The Morgan fingerprint density at radius 1 is 1.47 bits per heavy atom. The monoisotopic (exact) mass is 348 g/mol. The second kappa shape index (κ2) is 4.82. The Morgan fingerprint density at radius 2 is 2.16 bits per heavy atom. The molecule has 9 heteroatoms. The molecule has 0 bridgehead atoms. The number of halogens is 2. The van der Waals surface area contributed by atoms with Crippen molar-refractivity contribution in [3.63, 3.8) is 0 Å². The van der Waals surface area contributed by atoms with Gasteiger partial charge >= 0.3 is 0 Å². The van der Waals surface area contributed by atoms with Crippen LogP contribution in [-0.2, 0) is 17.1 Å². The third kappa shape index (κ3) is 2.71. The second-order valence-corrected chi connectivity index (χ2v) is 6.29. The average Bonchev–Trinajstić information content (AvgIpc) is 2.64. The van der Waals surface area contributed by atoms with Crippen molar-refractivity contribution in [1.82, 2.24) is 9.55 Å². The topological polar surface area (TPSA) is 90.0 Å². The van der Waals surface area contributed by atoms with Crippen LogP contribution in [0.4, 0.5) is 15.9 Å². The molecule has 0 fully saturated rings. The normalized spacial score (nSPS) is 11.5. The van der Waals surface area contributed by atoms with Crippen LogP contribution in [0.3, 0.4) is 0 Å². The van der Waals surface area contributed by atoms with Crippen LogP contribution in [0.2, 0.25) is 0 Å². The molecule has 1 aromatic carbocycles. The van der Waals surface area contributed by atoms with Crippen molar-refractivity contribution in [2.75, 3.05) is 10.5 Å². The Kier molecular flexibility index (Phi) is 3.50. The Labute approximate surface area is 117 Å². The number of anilines is 2. The Balaban J connectivity index is 2.45. The fraction of sp³-hybridized carbons (Fsp3) is 0.100. The van der Waals surface area contributed by atoms with E-state index < -0.39 is 15.8 Å². The van der Waals surface area contributed by atoms with E-state index in [1.807, 2.05) is 0 Å². The molecule has 0 saturated heterocycles. The molecule has 0 radical (unpaired) electrons. The van der Waals surface area contributed by atoms with Gasteiger partial charge in [-0.25, -0.2) is 9.37 Å². The van der Waals surface area contributed by atoms with Crippen LogP contribution in [0, 0.1) is 5.82 Å². The maximum Gasteiger partial charge on any atom is 0.281 e. The zero-order valence-corrected chi connectivity index (χ0v) is 12.2. The third-order valence-electron chi connectivity index (χ3n) is 2.34. The van der Waals surface area contributed by atoms with Crippen molar-refractivity contribution < 1.29 is 12.8 Å². The number of aryl methyl sites for hydroxylation is 1. The maximum absolute atomic E-state index is 13.5. The summed E-state index contributed by atoms with van der Waals surface area (Å²) in [5.74, 6) is -0.835. The smallest absolute Gasteiger partial charge is 0.281 e. The van der Waals surface area contributed by atoms with E-state index in [9.17, 15) is 12.8 Å². The number of hydrogen-bond acceptors (Lipinski definition) is 4. The number of sulfonamides is 1. The quantitative estimate of drug-likeness (QED) is 0.883. The summed E-state index contributed by atoms with van der Waals surface area (Å²) in [5.41, 5.74) is 5.32. The van der Waals surface area contributed by atoms with Gasteiger partial charge in [0.25, 0.3) is 10.0 Å². The fourth-order valence-electron chi connectivity index (χ4n) is 1.53. The molecule has 6 nitrogen and oxygen atoms in total. The first-order valence-corrected chi connectivity index (χ1v) is 7.33. The summed E-state index contributed by atoms with van der Waals surface area (Å²) in [6.45, 7) is 0. The maximum atomic E-state index is 13.5. The molecule has 1 aromatic heterocycles. The van der Waals surface area contributed by atoms with Gasteiger partial charge in [0.1, 0.15) is 5.82 Å². The highest BCUT2D eigenvalue weighted by atomic mass is 79.9. The number of rotatable bonds is 3. The summed E-state index contributed by atoms with van der Waals surface area (Å²) in [7, 11) is -2.52. The number of aromatic nitrogens is 2. The first kappa shape index (κ1) is 13.8. The first-order chi connectivity index (χ1) is 8.81. The molecule has 0 spiro atoms. The van der Waals surface area contributed by atoms with E-state index in [0.29, 0.717) is 4.47 Å². The van der Waals surface area contributed by atoms with E-state index in [4.69, 9.17) is 5.73 Å². The molecule has 19 heavy (non-hydrogen) atoms. The van der Waals surface area contributed by atoms with Crippen molar-refractivity contribution in [2.24, 2.45) is 7.05 Å². The minimum Gasteiger partial charge on any atom is -0.381 e. The number of nitrogens with two attached hydrogens (primary N) is 1. The highest BCUT2D eigenvalue weighted by molar-refractivity contribution is 9.10. The molecular formula is C10H10BrFN4O2S.